The molecular weight excluding hydrogens is 312 g/mol. The highest BCUT2D eigenvalue weighted by molar-refractivity contribution is 5.94. The third-order valence-electron chi connectivity index (χ3n) is 4.88. The van der Waals surface area contributed by atoms with E-state index in [2.05, 4.69) is 22.8 Å². The second-order valence-electron chi connectivity index (χ2n) is 6.67. The molecule has 2 aromatic carbocycles. The second-order valence-corrected chi connectivity index (χ2v) is 6.67. The van der Waals surface area contributed by atoms with E-state index in [-0.39, 0.29) is 11.9 Å². The first kappa shape index (κ1) is 17.3. The zero-order chi connectivity index (χ0) is 17.5. The molecule has 25 heavy (non-hydrogen) atoms. The van der Waals surface area contributed by atoms with Gasteiger partial charge in [-0.1, -0.05) is 24.3 Å². The van der Waals surface area contributed by atoms with Crippen molar-refractivity contribution in [3.63, 3.8) is 0 Å². The van der Waals surface area contributed by atoms with Crippen LogP contribution in [0.1, 0.15) is 36.0 Å². The number of nitrogens with one attached hydrogen (secondary N) is 2. The van der Waals surface area contributed by atoms with Crippen LogP contribution in [0, 0.1) is 5.92 Å². The number of methoxy groups -OCH3 is 1. The Balaban J connectivity index is 1.43. The van der Waals surface area contributed by atoms with Crippen molar-refractivity contribution in [2.45, 2.75) is 31.7 Å². The van der Waals surface area contributed by atoms with Crippen molar-refractivity contribution in [2.24, 2.45) is 5.92 Å². The largest absolute Gasteiger partial charge is 0.497 e. The van der Waals surface area contributed by atoms with Crippen LogP contribution >= 0.6 is 0 Å². The summed E-state index contributed by atoms with van der Waals surface area (Å²) in [5.41, 5.74) is 1.84. The van der Waals surface area contributed by atoms with Crippen molar-refractivity contribution in [2.75, 3.05) is 19.0 Å². The van der Waals surface area contributed by atoms with Crippen molar-refractivity contribution in [1.29, 1.82) is 0 Å². The molecule has 4 nitrogen and oxygen atoms in total. The molecule has 0 saturated heterocycles. The molecule has 0 radical (unpaired) electrons. The fourth-order valence-electron chi connectivity index (χ4n) is 3.36. The van der Waals surface area contributed by atoms with Gasteiger partial charge in [-0.2, -0.15) is 0 Å². The highest BCUT2D eigenvalue weighted by Crippen LogP contribution is 2.25. The van der Waals surface area contributed by atoms with E-state index in [1.165, 1.54) is 5.69 Å². The van der Waals surface area contributed by atoms with Crippen molar-refractivity contribution in [3.05, 3.63) is 60.2 Å². The zero-order valence-electron chi connectivity index (χ0n) is 14.7. The molecule has 0 unspecified atom stereocenters. The summed E-state index contributed by atoms with van der Waals surface area (Å²) in [6.45, 7) is 1.00. The van der Waals surface area contributed by atoms with Gasteiger partial charge in [0.15, 0.2) is 0 Å². The fraction of sp³-hybridized carbons (Fsp3) is 0.381. The molecule has 4 heteroatoms. The summed E-state index contributed by atoms with van der Waals surface area (Å²) in [4.78, 5) is 12.4. The summed E-state index contributed by atoms with van der Waals surface area (Å²) >= 11 is 0. The SMILES string of the molecule is COc1cccc(C(=O)N[C@H]2CC[C@H](CNc3ccccc3)CC2)c1. The van der Waals surface area contributed by atoms with E-state index in [0.29, 0.717) is 17.2 Å². The Morgan fingerprint density at radius 1 is 1.04 bits per heavy atom. The number of para-hydroxylation sites is 1. The van der Waals surface area contributed by atoms with Crippen LogP contribution < -0.4 is 15.4 Å². The lowest BCUT2D eigenvalue weighted by molar-refractivity contribution is 0.0922. The predicted molar refractivity (Wildman–Crippen MR) is 101 cm³/mol. The Hall–Kier alpha value is -2.49. The number of hydrogen-bond donors (Lipinski definition) is 2. The number of ether oxygens (including phenoxy) is 1. The smallest absolute Gasteiger partial charge is 0.251 e. The third kappa shape index (κ3) is 4.99. The molecule has 0 aromatic heterocycles. The van der Waals surface area contributed by atoms with Crippen molar-refractivity contribution in [3.8, 4) is 5.75 Å². The summed E-state index contributed by atoms with van der Waals surface area (Å²) in [6.07, 6.45) is 4.36. The Bertz CT molecular complexity index is 679. The Morgan fingerprint density at radius 3 is 2.52 bits per heavy atom. The van der Waals surface area contributed by atoms with Gasteiger partial charge in [-0.25, -0.2) is 0 Å². The van der Waals surface area contributed by atoms with Gasteiger partial charge < -0.3 is 15.4 Å². The van der Waals surface area contributed by atoms with Crippen LogP contribution in [0.15, 0.2) is 54.6 Å². The summed E-state index contributed by atoms with van der Waals surface area (Å²) in [6, 6.07) is 17.9. The molecule has 3 rings (SSSR count). The molecule has 0 aliphatic heterocycles. The van der Waals surface area contributed by atoms with Crippen LogP contribution in [-0.2, 0) is 0 Å². The lowest BCUT2D eigenvalue weighted by Gasteiger charge is -2.29. The number of carbonyl (C=O) groups excluding carboxylic acids is 1. The Morgan fingerprint density at radius 2 is 1.80 bits per heavy atom. The maximum absolute atomic E-state index is 12.4. The first-order valence-electron chi connectivity index (χ1n) is 8.98. The molecule has 1 amide bonds. The van der Waals surface area contributed by atoms with Crippen LogP contribution in [0.2, 0.25) is 0 Å². The maximum atomic E-state index is 12.4. The minimum absolute atomic E-state index is 0.00948. The molecule has 2 aromatic rings. The number of rotatable bonds is 6. The monoisotopic (exact) mass is 338 g/mol. The van der Waals surface area contributed by atoms with Gasteiger partial charge in [0.05, 0.1) is 7.11 Å². The van der Waals surface area contributed by atoms with Gasteiger partial charge in [-0.05, 0) is 61.9 Å². The number of hydrogen-bond acceptors (Lipinski definition) is 3. The quantitative estimate of drug-likeness (QED) is 0.834. The minimum atomic E-state index is -0.00948. The molecule has 0 spiro atoms. The van der Waals surface area contributed by atoms with Crippen LogP contribution in [0.3, 0.4) is 0 Å². The molecule has 132 valence electrons. The van der Waals surface area contributed by atoms with Gasteiger partial charge >= 0.3 is 0 Å². The average Bonchev–Trinajstić information content (AvgIpc) is 2.68. The van der Waals surface area contributed by atoms with Crippen molar-refractivity contribution in [1.82, 2.24) is 5.32 Å². The molecule has 1 fully saturated rings. The van der Waals surface area contributed by atoms with Gasteiger partial charge in [0, 0.05) is 23.8 Å². The molecule has 0 heterocycles. The van der Waals surface area contributed by atoms with E-state index in [1.807, 2.05) is 36.4 Å². The predicted octanol–water partition coefficient (Wildman–Crippen LogP) is 4.10. The van der Waals surface area contributed by atoms with Gasteiger partial charge in [0.2, 0.25) is 0 Å². The van der Waals surface area contributed by atoms with Crippen LogP contribution in [0.5, 0.6) is 5.75 Å². The van der Waals surface area contributed by atoms with Gasteiger partial charge in [-0.15, -0.1) is 0 Å². The maximum Gasteiger partial charge on any atom is 0.251 e. The number of amides is 1. The molecular formula is C21H26N2O2. The molecule has 2 N–H and O–H groups in total. The van der Waals surface area contributed by atoms with E-state index in [0.717, 1.165) is 32.2 Å². The van der Waals surface area contributed by atoms with E-state index in [9.17, 15) is 4.79 Å². The summed E-state index contributed by atoms with van der Waals surface area (Å²) < 4.78 is 5.19. The lowest BCUT2D eigenvalue weighted by Crippen LogP contribution is -2.38. The standard InChI is InChI=1S/C21H26N2O2/c1-25-20-9-5-6-17(14-20)21(24)23-19-12-10-16(11-13-19)15-22-18-7-3-2-4-8-18/h2-9,14,16,19,22H,10-13,15H2,1H3,(H,23,24)/t16-,19-. The van der Waals surface area contributed by atoms with E-state index < -0.39 is 0 Å². The molecule has 1 saturated carbocycles. The number of anilines is 1. The van der Waals surface area contributed by atoms with Crippen molar-refractivity contribution < 1.29 is 9.53 Å². The first-order valence-corrected chi connectivity index (χ1v) is 8.98. The van der Waals surface area contributed by atoms with Crippen molar-refractivity contribution >= 4 is 11.6 Å². The number of benzene rings is 2. The first-order chi connectivity index (χ1) is 12.2. The van der Waals surface area contributed by atoms with Crippen LogP contribution in [0.25, 0.3) is 0 Å². The Kier molecular flexibility index (Phi) is 5.94. The summed E-state index contributed by atoms with van der Waals surface area (Å²) in [5.74, 6) is 1.37. The average molecular weight is 338 g/mol. The summed E-state index contributed by atoms with van der Waals surface area (Å²) in [5, 5.41) is 6.67. The molecule has 1 aliphatic carbocycles. The third-order valence-corrected chi connectivity index (χ3v) is 4.88. The van der Waals surface area contributed by atoms with E-state index in [1.54, 1.807) is 13.2 Å². The highest BCUT2D eigenvalue weighted by Gasteiger charge is 2.22. The second kappa shape index (κ2) is 8.56. The number of carbonyl (C=O) groups is 1. The van der Waals surface area contributed by atoms with E-state index >= 15 is 0 Å². The summed E-state index contributed by atoms with van der Waals surface area (Å²) in [7, 11) is 1.61. The van der Waals surface area contributed by atoms with Gasteiger partial charge in [0.25, 0.3) is 5.91 Å². The highest BCUT2D eigenvalue weighted by atomic mass is 16.5. The lowest BCUT2D eigenvalue weighted by atomic mass is 9.86. The fourth-order valence-corrected chi connectivity index (χ4v) is 3.36. The minimum Gasteiger partial charge on any atom is -0.497 e. The molecule has 0 bridgehead atoms. The topological polar surface area (TPSA) is 50.4 Å². The van der Waals surface area contributed by atoms with Gasteiger partial charge in [0.1, 0.15) is 5.75 Å². The molecule has 1 aliphatic rings. The zero-order valence-corrected chi connectivity index (χ0v) is 14.7. The molecule has 0 atom stereocenters. The van der Waals surface area contributed by atoms with Gasteiger partial charge in [-0.3, -0.25) is 4.79 Å². The normalized spacial score (nSPS) is 19.9. The Labute approximate surface area is 149 Å². The van der Waals surface area contributed by atoms with Crippen LogP contribution in [-0.4, -0.2) is 25.6 Å². The van der Waals surface area contributed by atoms with E-state index in [4.69, 9.17) is 4.74 Å². The van der Waals surface area contributed by atoms with Crippen LogP contribution in [0.4, 0.5) is 5.69 Å².